The summed E-state index contributed by atoms with van der Waals surface area (Å²) in [5.74, 6) is 0.567. The molecule has 0 spiro atoms. The molecule has 0 atom stereocenters. The van der Waals surface area contributed by atoms with Crippen LogP contribution >= 0.6 is 0 Å². The average molecular weight is 139 g/mol. The van der Waals surface area contributed by atoms with Crippen molar-refractivity contribution < 1.29 is 4.74 Å². The molecule has 1 aromatic heterocycles. The molecule has 0 N–H and O–H groups in total. The third-order valence-corrected chi connectivity index (χ3v) is 0.971. The Morgan fingerprint density at radius 1 is 1.70 bits per heavy atom. The first kappa shape index (κ1) is 7.12. The fourth-order valence-electron chi connectivity index (χ4n) is 0.630. The van der Waals surface area contributed by atoms with E-state index >= 15 is 0 Å². The molecule has 1 heterocycles. The molecular weight excluding hydrogens is 128 g/mol. The molecule has 0 saturated heterocycles. The Morgan fingerprint density at radius 2 is 2.40 bits per heavy atom. The minimum atomic E-state index is 0.172. The van der Waals surface area contributed by atoms with Crippen LogP contribution in [0.2, 0.25) is 0 Å². The first-order valence-corrected chi connectivity index (χ1v) is 3.26. The standard InChI is InChI=1S/C7H11N2O/c1-6(2)10-7-4-5-9(3)8-7/h5-6H,1-3H3. The van der Waals surface area contributed by atoms with Gasteiger partial charge in [-0.3, -0.25) is 4.68 Å². The van der Waals surface area contributed by atoms with Gasteiger partial charge in [0.1, 0.15) is 0 Å². The summed E-state index contributed by atoms with van der Waals surface area (Å²) in [7, 11) is 1.84. The fourth-order valence-corrected chi connectivity index (χ4v) is 0.630. The summed E-state index contributed by atoms with van der Waals surface area (Å²) in [6, 6.07) is 2.87. The molecule has 1 aromatic rings. The Morgan fingerprint density at radius 3 is 2.80 bits per heavy atom. The van der Waals surface area contributed by atoms with Crippen LogP contribution in [0.4, 0.5) is 0 Å². The van der Waals surface area contributed by atoms with Gasteiger partial charge in [-0.2, -0.15) is 0 Å². The first-order chi connectivity index (χ1) is 4.68. The number of ether oxygens (including phenoxy) is 1. The molecular formula is C7H11N2O. The molecule has 0 unspecified atom stereocenters. The fraction of sp³-hybridized carbons (Fsp3) is 0.571. The van der Waals surface area contributed by atoms with Gasteiger partial charge in [0.05, 0.1) is 12.2 Å². The van der Waals surface area contributed by atoms with E-state index < -0.39 is 0 Å². The third-order valence-electron chi connectivity index (χ3n) is 0.971. The molecule has 0 aliphatic rings. The van der Waals surface area contributed by atoms with E-state index in [-0.39, 0.29) is 6.10 Å². The highest BCUT2D eigenvalue weighted by Gasteiger charge is 1.98. The van der Waals surface area contributed by atoms with E-state index in [1.54, 1.807) is 10.9 Å². The normalized spacial score (nSPS) is 10.4. The molecule has 1 rings (SSSR count). The largest absolute Gasteiger partial charge is 0.473 e. The number of rotatable bonds is 2. The maximum atomic E-state index is 5.25. The molecule has 0 amide bonds. The van der Waals surface area contributed by atoms with Crippen molar-refractivity contribution >= 4 is 0 Å². The molecule has 3 nitrogen and oxygen atoms in total. The number of aromatic nitrogens is 2. The van der Waals surface area contributed by atoms with Crippen LogP contribution in [0.25, 0.3) is 0 Å². The summed E-state index contributed by atoms with van der Waals surface area (Å²) in [5.41, 5.74) is 0. The number of hydrogen-bond acceptors (Lipinski definition) is 2. The van der Waals surface area contributed by atoms with Crippen LogP contribution in [0.5, 0.6) is 5.88 Å². The Labute approximate surface area is 60.6 Å². The lowest BCUT2D eigenvalue weighted by molar-refractivity contribution is 0.230. The van der Waals surface area contributed by atoms with E-state index in [9.17, 15) is 0 Å². The summed E-state index contributed by atoms with van der Waals surface area (Å²) in [5, 5.41) is 3.99. The monoisotopic (exact) mass is 139 g/mol. The topological polar surface area (TPSA) is 27.1 Å². The number of nitrogens with zero attached hydrogens (tertiary/aromatic N) is 2. The van der Waals surface area contributed by atoms with E-state index in [0.29, 0.717) is 5.88 Å². The quantitative estimate of drug-likeness (QED) is 0.611. The average Bonchev–Trinajstić information content (AvgIpc) is 2.13. The van der Waals surface area contributed by atoms with Crippen LogP contribution in [0, 0.1) is 6.07 Å². The van der Waals surface area contributed by atoms with Gasteiger partial charge in [-0.15, -0.1) is 5.10 Å². The number of hydrogen-bond donors (Lipinski definition) is 0. The van der Waals surface area contributed by atoms with Gasteiger partial charge in [-0.1, -0.05) is 0 Å². The van der Waals surface area contributed by atoms with Crippen molar-refractivity contribution in [2.24, 2.45) is 7.05 Å². The molecule has 0 saturated carbocycles. The lowest BCUT2D eigenvalue weighted by atomic mass is 10.5. The molecule has 0 aromatic carbocycles. The van der Waals surface area contributed by atoms with Crippen molar-refractivity contribution in [2.45, 2.75) is 20.0 Å². The Hall–Kier alpha value is -0.990. The molecule has 0 fully saturated rings. The molecule has 55 valence electrons. The Bertz CT molecular complexity index is 205. The van der Waals surface area contributed by atoms with Crippen molar-refractivity contribution in [3.05, 3.63) is 12.3 Å². The van der Waals surface area contributed by atoms with Crippen molar-refractivity contribution in [3.8, 4) is 5.88 Å². The van der Waals surface area contributed by atoms with Crippen LogP contribution < -0.4 is 4.74 Å². The van der Waals surface area contributed by atoms with Crippen LogP contribution in [0.3, 0.4) is 0 Å². The maximum Gasteiger partial charge on any atom is 0.241 e. The summed E-state index contributed by atoms with van der Waals surface area (Å²) in [6.45, 7) is 3.92. The molecule has 0 bridgehead atoms. The van der Waals surface area contributed by atoms with Gasteiger partial charge >= 0.3 is 0 Å². The lowest BCUT2D eigenvalue weighted by Crippen LogP contribution is -2.06. The van der Waals surface area contributed by atoms with Crippen molar-refractivity contribution in [1.82, 2.24) is 9.78 Å². The smallest absolute Gasteiger partial charge is 0.241 e. The molecule has 1 radical (unpaired) electrons. The second-order valence-corrected chi connectivity index (χ2v) is 2.42. The van der Waals surface area contributed by atoms with E-state index in [0.717, 1.165) is 0 Å². The zero-order valence-corrected chi connectivity index (χ0v) is 6.46. The zero-order chi connectivity index (χ0) is 7.56. The second kappa shape index (κ2) is 2.73. The van der Waals surface area contributed by atoms with E-state index in [4.69, 9.17) is 4.74 Å². The highest BCUT2D eigenvalue weighted by atomic mass is 16.5. The summed E-state index contributed by atoms with van der Waals surface area (Å²) < 4.78 is 6.91. The predicted molar refractivity (Wildman–Crippen MR) is 37.8 cm³/mol. The van der Waals surface area contributed by atoms with Crippen LogP contribution in [-0.2, 0) is 7.05 Å². The van der Waals surface area contributed by atoms with Crippen LogP contribution in [0.15, 0.2) is 6.20 Å². The minimum absolute atomic E-state index is 0.172. The zero-order valence-electron chi connectivity index (χ0n) is 6.46. The van der Waals surface area contributed by atoms with Crippen LogP contribution in [-0.4, -0.2) is 15.9 Å². The van der Waals surface area contributed by atoms with Gasteiger partial charge < -0.3 is 4.74 Å². The summed E-state index contributed by atoms with van der Waals surface area (Å²) in [4.78, 5) is 0. The minimum Gasteiger partial charge on any atom is -0.473 e. The Kier molecular flexibility index (Phi) is 1.94. The summed E-state index contributed by atoms with van der Waals surface area (Å²) >= 11 is 0. The van der Waals surface area contributed by atoms with Gasteiger partial charge in [0, 0.05) is 13.2 Å². The second-order valence-electron chi connectivity index (χ2n) is 2.42. The van der Waals surface area contributed by atoms with Crippen LogP contribution in [0.1, 0.15) is 13.8 Å². The molecule has 0 aliphatic heterocycles. The predicted octanol–water partition coefficient (Wildman–Crippen LogP) is 1.01. The highest BCUT2D eigenvalue weighted by molar-refractivity contribution is 5.02. The van der Waals surface area contributed by atoms with Gasteiger partial charge in [0.15, 0.2) is 0 Å². The van der Waals surface area contributed by atoms with Crippen molar-refractivity contribution in [1.29, 1.82) is 0 Å². The number of aryl methyl sites for hydroxylation is 1. The molecule has 0 aliphatic carbocycles. The van der Waals surface area contributed by atoms with Gasteiger partial charge in [-0.25, -0.2) is 0 Å². The van der Waals surface area contributed by atoms with E-state index in [1.165, 1.54) is 0 Å². The summed E-state index contributed by atoms with van der Waals surface area (Å²) in [6.07, 6.45) is 1.91. The van der Waals surface area contributed by atoms with Gasteiger partial charge in [0.2, 0.25) is 5.88 Å². The highest BCUT2D eigenvalue weighted by Crippen LogP contribution is 2.04. The maximum absolute atomic E-state index is 5.25. The van der Waals surface area contributed by atoms with Crippen molar-refractivity contribution in [3.63, 3.8) is 0 Å². The van der Waals surface area contributed by atoms with Gasteiger partial charge in [0.25, 0.3) is 0 Å². The van der Waals surface area contributed by atoms with E-state index in [2.05, 4.69) is 11.2 Å². The Balaban J connectivity index is 2.58. The van der Waals surface area contributed by atoms with E-state index in [1.807, 2.05) is 20.9 Å². The molecule has 3 heteroatoms. The third kappa shape index (κ3) is 1.76. The van der Waals surface area contributed by atoms with Crippen molar-refractivity contribution in [2.75, 3.05) is 0 Å². The first-order valence-electron chi connectivity index (χ1n) is 3.26. The molecule has 10 heavy (non-hydrogen) atoms. The lowest BCUT2D eigenvalue weighted by Gasteiger charge is -2.03. The van der Waals surface area contributed by atoms with Gasteiger partial charge in [-0.05, 0) is 13.8 Å². The SMILES string of the molecule is CC(C)Oc1[c]cn(C)n1.